The third kappa shape index (κ3) is 4.31. The number of rotatable bonds is 5. The normalized spacial score (nSPS) is 10.1. The minimum atomic E-state index is -0.471. The first kappa shape index (κ1) is 15.5. The Labute approximate surface area is 128 Å². The molecule has 22 heavy (non-hydrogen) atoms. The lowest BCUT2D eigenvalue weighted by molar-refractivity contribution is -0.384. The number of aryl methyl sites for hydroxylation is 2. The summed E-state index contributed by atoms with van der Waals surface area (Å²) < 4.78 is 0. The molecule has 0 heterocycles. The van der Waals surface area contributed by atoms with E-state index in [1.165, 1.54) is 12.1 Å². The lowest BCUT2D eigenvalue weighted by atomic mass is 10.1. The minimum Gasteiger partial charge on any atom is -0.376 e. The molecular formula is C16H17N3O3. The molecule has 0 saturated carbocycles. The Hall–Kier alpha value is -2.89. The van der Waals surface area contributed by atoms with E-state index in [0.717, 1.165) is 16.8 Å². The van der Waals surface area contributed by atoms with Crippen molar-refractivity contribution in [2.45, 2.75) is 13.8 Å². The van der Waals surface area contributed by atoms with Crippen LogP contribution in [0.4, 0.5) is 17.1 Å². The number of nitro groups is 1. The predicted molar refractivity (Wildman–Crippen MR) is 86.1 cm³/mol. The van der Waals surface area contributed by atoms with Gasteiger partial charge in [0, 0.05) is 23.5 Å². The van der Waals surface area contributed by atoms with Gasteiger partial charge in [-0.05, 0) is 43.2 Å². The highest BCUT2D eigenvalue weighted by molar-refractivity contribution is 5.93. The van der Waals surface area contributed by atoms with Gasteiger partial charge in [0.25, 0.3) is 5.69 Å². The van der Waals surface area contributed by atoms with Gasteiger partial charge >= 0.3 is 0 Å². The molecule has 0 unspecified atom stereocenters. The zero-order valence-corrected chi connectivity index (χ0v) is 12.4. The molecule has 6 heteroatoms. The Morgan fingerprint density at radius 3 is 2.41 bits per heavy atom. The Morgan fingerprint density at radius 1 is 1.09 bits per heavy atom. The maximum atomic E-state index is 11.9. The molecule has 1 amide bonds. The summed E-state index contributed by atoms with van der Waals surface area (Å²) in [5.74, 6) is -0.212. The van der Waals surface area contributed by atoms with E-state index in [0.29, 0.717) is 5.69 Å². The quantitative estimate of drug-likeness (QED) is 0.655. The fourth-order valence-corrected chi connectivity index (χ4v) is 2.16. The SMILES string of the molecule is Cc1cc(C)cc(NC(=O)CNc2cccc([N+](=O)[O-])c2)c1. The van der Waals surface area contributed by atoms with Crippen molar-refractivity contribution >= 4 is 23.0 Å². The van der Waals surface area contributed by atoms with Crippen molar-refractivity contribution in [3.63, 3.8) is 0 Å². The summed E-state index contributed by atoms with van der Waals surface area (Å²) in [4.78, 5) is 22.1. The average Bonchev–Trinajstić information content (AvgIpc) is 2.44. The number of nitro benzene ring substituents is 1. The maximum Gasteiger partial charge on any atom is 0.271 e. The van der Waals surface area contributed by atoms with Crippen molar-refractivity contribution in [3.8, 4) is 0 Å². The van der Waals surface area contributed by atoms with Crippen molar-refractivity contribution < 1.29 is 9.72 Å². The van der Waals surface area contributed by atoms with Gasteiger partial charge in [-0.1, -0.05) is 12.1 Å². The van der Waals surface area contributed by atoms with Crippen molar-refractivity contribution in [2.24, 2.45) is 0 Å². The fraction of sp³-hybridized carbons (Fsp3) is 0.188. The molecule has 0 atom stereocenters. The molecule has 2 aromatic rings. The minimum absolute atomic E-state index is 0.0142. The highest BCUT2D eigenvalue weighted by Crippen LogP contribution is 2.17. The summed E-state index contributed by atoms with van der Waals surface area (Å²) in [7, 11) is 0. The molecule has 0 fully saturated rings. The van der Waals surface area contributed by atoms with Gasteiger partial charge in [0.2, 0.25) is 5.91 Å². The Bertz CT molecular complexity index is 693. The van der Waals surface area contributed by atoms with Gasteiger partial charge in [-0.3, -0.25) is 14.9 Å². The zero-order chi connectivity index (χ0) is 16.1. The van der Waals surface area contributed by atoms with E-state index < -0.39 is 4.92 Å². The molecular weight excluding hydrogens is 282 g/mol. The molecule has 2 N–H and O–H groups in total. The lowest BCUT2D eigenvalue weighted by Crippen LogP contribution is -2.21. The van der Waals surface area contributed by atoms with E-state index in [-0.39, 0.29) is 18.1 Å². The van der Waals surface area contributed by atoms with Gasteiger partial charge in [0.1, 0.15) is 0 Å². The largest absolute Gasteiger partial charge is 0.376 e. The number of anilines is 2. The Morgan fingerprint density at radius 2 is 1.77 bits per heavy atom. The highest BCUT2D eigenvalue weighted by Gasteiger charge is 2.07. The second kappa shape index (κ2) is 6.71. The molecule has 0 aromatic heterocycles. The number of carbonyl (C=O) groups is 1. The molecule has 0 aliphatic carbocycles. The topological polar surface area (TPSA) is 84.3 Å². The van der Waals surface area contributed by atoms with Crippen molar-refractivity contribution in [1.82, 2.24) is 0 Å². The number of non-ortho nitro benzene ring substituents is 1. The zero-order valence-electron chi connectivity index (χ0n) is 12.4. The number of benzene rings is 2. The lowest BCUT2D eigenvalue weighted by Gasteiger charge is -2.09. The third-order valence-electron chi connectivity index (χ3n) is 3.02. The van der Waals surface area contributed by atoms with Gasteiger partial charge in [0.15, 0.2) is 0 Å². The summed E-state index contributed by atoms with van der Waals surface area (Å²) in [5.41, 5.74) is 3.40. The molecule has 2 aromatic carbocycles. The number of carbonyl (C=O) groups excluding carboxylic acids is 1. The van der Waals surface area contributed by atoms with Crippen LogP contribution >= 0.6 is 0 Å². The summed E-state index contributed by atoms with van der Waals surface area (Å²) in [5, 5.41) is 16.4. The van der Waals surface area contributed by atoms with Crippen LogP contribution in [0.3, 0.4) is 0 Å². The van der Waals surface area contributed by atoms with Crippen LogP contribution in [0.2, 0.25) is 0 Å². The second-order valence-corrected chi connectivity index (χ2v) is 5.09. The maximum absolute atomic E-state index is 11.9. The first-order valence-electron chi connectivity index (χ1n) is 6.80. The Balaban J connectivity index is 1.95. The van der Waals surface area contributed by atoms with E-state index in [4.69, 9.17) is 0 Å². The van der Waals surface area contributed by atoms with Crippen LogP contribution in [-0.2, 0) is 4.79 Å². The summed E-state index contributed by atoms with van der Waals surface area (Å²) in [6.07, 6.45) is 0. The predicted octanol–water partition coefficient (Wildman–Crippen LogP) is 3.26. The van der Waals surface area contributed by atoms with Crippen molar-refractivity contribution in [2.75, 3.05) is 17.2 Å². The van der Waals surface area contributed by atoms with Crippen LogP contribution in [0.5, 0.6) is 0 Å². The smallest absolute Gasteiger partial charge is 0.271 e. The molecule has 0 aliphatic rings. The highest BCUT2D eigenvalue weighted by atomic mass is 16.6. The number of nitrogens with zero attached hydrogens (tertiary/aromatic N) is 1. The van der Waals surface area contributed by atoms with Crippen LogP contribution < -0.4 is 10.6 Å². The van der Waals surface area contributed by atoms with Gasteiger partial charge in [-0.15, -0.1) is 0 Å². The summed E-state index contributed by atoms with van der Waals surface area (Å²) in [6.45, 7) is 3.96. The van der Waals surface area contributed by atoms with Gasteiger partial charge in [-0.25, -0.2) is 0 Å². The standard InChI is InChI=1S/C16H17N3O3/c1-11-6-12(2)8-14(7-11)18-16(20)10-17-13-4-3-5-15(9-13)19(21)22/h3-9,17H,10H2,1-2H3,(H,18,20). The van der Waals surface area contributed by atoms with Crippen molar-refractivity contribution in [1.29, 1.82) is 0 Å². The van der Waals surface area contributed by atoms with Crippen molar-refractivity contribution in [3.05, 3.63) is 63.7 Å². The number of amides is 1. The molecule has 6 nitrogen and oxygen atoms in total. The molecule has 0 saturated heterocycles. The van der Waals surface area contributed by atoms with E-state index in [2.05, 4.69) is 10.6 Å². The van der Waals surface area contributed by atoms with E-state index in [9.17, 15) is 14.9 Å². The van der Waals surface area contributed by atoms with E-state index in [1.54, 1.807) is 12.1 Å². The van der Waals surface area contributed by atoms with Gasteiger partial charge in [0.05, 0.1) is 11.5 Å². The molecule has 0 bridgehead atoms. The van der Waals surface area contributed by atoms with E-state index in [1.807, 2.05) is 32.0 Å². The van der Waals surface area contributed by atoms with Crippen LogP contribution in [-0.4, -0.2) is 17.4 Å². The van der Waals surface area contributed by atoms with Crippen LogP contribution in [0, 0.1) is 24.0 Å². The molecule has 0 spiro atoms. The van der Waals surface area contributed by atoms with E-state index >= 15 is 0 Å². The number of hydrogen-bond acceptors (Lipinski definition) is 4. The van der Waals surface area contributed by atoms with Crippen LogP contribution in [0.25, 0.3) is 0 Å². The molecule has 0 radical (unpaired) electrons. The molecule has 114 valence electrons. The number of hydrogen-bond donors (Lipinski definition) is 2. The van der Waals surface area contributed by atoms with Crippen LogP contribution in [0.1, 0.15) is 11.1 Å². The van der Waals surface area contributed by atoms with Crippen LogP contribution in [0.15, 0.2) is 42.5 Å². The molecule has 0 aliphatic heterocycles. The first-order valence-corrected chi connectivity index (χ1v) is 6.80. The number of nitrogens with one attached hydrogen (secondary N) is 2. The Kier molecular flexibility index (Phi) is 4.73. The van der Waals surface area contributed by atoms with Gasteiger partial charge in [-0.2, -0.15) is 0 Å². The second-order valence-electron chi connectivity index (χ2n) is 5.09. The summed E-state index contributed by atoms with van der Waals surface area (Å²) in [6, 6.07) is 11.8. The average molecular weight is 299 g/mol. The fourth-order valence-electron chi connectivity index (χ4n) is 2.16. The first-order chi connectivity index (χ1) is 10.4. The summed E-state index contributed by atoms with van der Waals surface area (Å²) >= 11 is 0. The van der Waals surface area contributed by atoms with Gasteiger partial charge < -0.3 is 10.6 Å². The third-order valence-corrected chi connectivity index (χ3v) is 3.02. The monoisotopic (exact) mass is 299 g/mol. The molecule has 2 rings (SSSR count).